The third-order valence-corrected chi connectivity index (χ3v) is 4.76. The fraction of sp³-hybridized carbons (Fsp3) is 0.316. The highest BCUT2D eigenvalue weighted by molar-refractivity contribution is 6.02. The molecule has 0 atom stereocenters. The van der Waals surface area contributed by atoms with Crippen LogP contribution >= 0.6 is 0 Å². The number of nitrogen functional groups attached to an aromatic ring is 1. The van der Waals surface area contributed by atoms with Gasteiger partial charge < -0.3 is 15.2 Å². The summed E-state index contributed by atoms with van der Waals surface area (Å²) < 4.78 is 11.2. The highest BCUT2D eigenvalue weighted by Gasteiger charge is 2.24. The Morgan fingerprint density at radius 2 is 1.88 bits per heavy atom. The maximum atomic E-state index is 6.23. The van der Waals surface area contributed by atoms with Crippen molar-refractivity contribution in [3.05, 3.63) is 35.8 Å². The number of nitrogens with two attached hydrogens (primary N) is 1. The lowest BCUT2D eigenvalue weighted by Gasteiger charge is -2.22. The summed E-state index contributed by atoms with van der Waals surface area (Å²) in [5.74, 6) is 1.81. The van der Waals surface area contributed by atoms with Gasteiger partial charge in [0, 0.05) is 16.8 Å². The van der Waals surface area contributed by atoms with Crippen LogP contribution in [0.2, 0.25) is 0 Å². The molecule has 0 saturated carbocycles. The maximum absolute atomic E-state index is 6.23. The van der Waals surface area contributed by atoms with Crippen molar-refractivity contribution in [1.29, 1.82) is 0 Å². The Morgan fingerprint density at radius 1 is 1.04 bits per heavy atom. The van der Waals surface area contributed by atoms with Gasteiger partial charge in [-0.05, 0) is 37.3 Å². The number of rotatable bonds is 3. The van der Waals surface area contributed by atoms with Gasteiger partial charge in [-0.25, -0.2) is 15.0 Å². The fourth-order valence-corrected chi connectivity index (χ4v) is 3.66. The van der Waals surface area contributed by atoms with E-state index < -0.39 is 0 Å². The molecular formula is C19H20N4O2. The first-order valence-electron chi connectivity index (χ1n) is 8.38. The van der Waals surface area contributed by atoms with Crippen LogP contribution in [0.4, 0.5) is 5.82 Å². The average Bonchev–Trinajstić information content (AvgIpc) is 2.65. The molecular weight excluding hydrogens is 316 g/mol. The van der Waals surface area contributed by atoms with Crippen LogP contribution in [0.1, 0.15) is 24.1 Å². The first kappa shape index (κ1) is 15.6. The molecule has 6 nitrogen and oxygen atoms in total. The number of fused-ring (bicyclic) bond motifs is 2. The van der Waals surface area contributed by atoms with Gasteiger partial charge in [-0.3, -0.25) is 0 Å². The molecule has 128 valence electrons. The average molecular weight is 336 g/mol. The van der Waals surface area contributed by atoms with Crippen LogP contribution in [0.3, 0.4) is 0 Å². The molecule has 0 spiro atoms. The lowest BCUT2D eigenvalue weighted by Crippen LogP contribution is -2.10. The molecule has 3 aromatic rings. The molecule has 1 aliphatic rings. The van der Waals surface area contributed by atoms with Gasteiger partial charge in [-0.2, -0.15) is 0 Å². The van der Waals surface area contributed by atoms with Gasteiger partial charge in [0.05, 0.1) is 19.6 Å². The van der Waals surface area contributed by atoms with E-state index in [-0.39, 0.29) is 0 Å². The Morgan fingerprint density at radius 3 is 2.68 bits per heavy atom. The first-order chi connectivity index (χ1) is 12.2. The molecule has 0 unspecified atom stereocenters. The molecule has 25 heavy (non-hydrogen) atoms. The van der Waals surface area contributed by atoms with Gasteiger partial charge in [-0.15, -0.1) is 0 Å². The normalized spacial score (nSPS) is 13.5. The highest BCUT2D eigenvalue weighted by Crippen LogP contribution is 2.44. The quantitative estimate of drug-likeness (QED) is 0.791. The Kier molecular flexibility index (Phi) is 3.87. The number of aryl methyl sites for hydroxylation is 1. The summed E-state index contributed by atoms with van der Waals surface area (Å²) in [7, 11) is 3.29. The molecule has 0 amide bonds. The molecule has 0 fully saturated rings. The molecule has 0 aliphatic heterocycles. The van der Waals surface area contributed by atoms with Crippen LogP contribution in [0.5, 0.6) is 11.5 Å². The standard InChI is InChI=1S/C19H20N4O2/c1-24-14-9-5-7-12(17(14)25-2)15-11-6-3-4-8-13(11)23-19-16(15)18(20)21-10-22-19/h5,7,9-10H,3-4,6,8H2,1-2H3,(H2,20,21,22,23). The Bertz CT molecular complexity index is 956. The predicted octanol–water partition coefficient (Wildman–Crippen LogP) is 3.17. The van der Waals surface area contributed by atoms with Gasteiger partial charge in [0.25, 0.3) is 0 Å². The smallest absolute Gasteiger partial charge is 0.168 e. The summed E-state index contributed by atoms with van der Waals surface area (Å²) in [5, 5.41) is 0.787. The number of benzene rings is 1. The molecule has 2 N–H and O–H groups in total. The lowest BCUT2D eigenvalue weighted by molar-refractivity contribution is 0.356. The van der Waals surface area contributed by atoms with Crippen LogP contribution in [0, 0.1) is 0 Å². The zero-order valence-corrected chi connectivity index (χ0v) is 14.4. The second kappa shape index (κ2) is 6.20. The number of hydrogen-bond donors (Lipinski definition) is 1. The van der Waals surface area contributed by atoms with Crippen molar-refractivity contribution in [2.45, 2.75) is 25.7 Å². The van der Waals surface area contributed by atoms with Gasteiger partial charge >= 0.3 is 0 Å². The molecule has 1 aliphatic carbocycles. The lowest BCUT2D eigenvalue weighted by atomic mass is 9.87. The minimum Gasteiger partial charge on any atom is -0.493 e. The molecule has 6 heteroatoms. The van der Waals surface area contributed by atoms with E-state index in [1.807, 2.05) is 18.2 Å². The van der Waals surface area contributed by atoms with Crippen molar-refractivity contribution in [1.82, 2.24) is 15.0 Å². The highest BCUT2D eigenvalue weighted by atomic mass is 16.5. The maximum Gasteiger partial charge on any atom is 0.168 e. The molecule has 2 aromatic heterocycles. The molecule has 0 radical (unpaired) electrons. The summed E-state index contributed by atoms with van der Waals surface area (Å²) in [6.45, 7) is 0. The summed E-state index contributed by atoms with van der Waals surface area (Å²) in [4.78, 5) is 13.3. The van der Waals surface area contributed by atoms with Crippen molar-refractivity contribution >= 4 is 16.9 Å². The monoisotopic (exact) mass is 336 g/mol. The van der Waals surface area contributed by atoms with E-state index in [0.29, 0.717) is 23.0 Å². The van der Waals surface area contributed by atoms with Crippen LogP contribution in [-0.4, -0.2) is 29.2 Å². The number of anilines is 1. The van der Waals surface area contributed by atoms with Crippen molar-refractivity contribution in [3.63, 3.8) is 0 Å². The second-order valence-electron chi connectivity index (χ2n) is 6.12. The van der Waals surface area contributed by atoms with Crippen LogP contribution < -0.4 is 15.2 Å². The fourth-order valence-electron chi connectivity index (χ4n) is 3.66. The molecule has 4 rings (SSSR count). The number of nitrogens with zero attached hydrogens (tertiary/aromatic N) is 3. The van der Waals surface area contributed by atoms with E-state index in [2.05, 4.69) is 9.97 Å². The molecule has 0 saturated heterocycles. The summed E-state index contributed by atoms with van der Waals surface area (Å²) in [6, 6.07) is 5.87. The Labute approximate surface area is 146 Å². The second-order valence-corrected chi connectivity index (χ2v) is 6.12. The van der Waals surface area contributed by atoms with Gasteiger partial charge in [0.15, 0.2) is 17.1 Å². The van der Waals surface area contributed by atoms with Gasteiger partial charge in [0.1, 0.15) is 12.1 Å². The van der Waals surface area contributed by atoms with Crippen LogP contribution in [0.15, 0.2) is 24.5 Å². The zero-order valence-electron chi connectivity index (χ0n) is 14.4. The molecule has 2 heterocycles. The SMILES string of the molecule is COc1cccc(-c2c3c(nc4ncnc(N)c24)CCCC3)c1OC. The number of aromatic nitrogens is 3. The van der Waals surface area contributed by atoms with Crippen molar-refractivity contribution in [3.8, 4) is 22.6 Å². The third kappa shape index (κ3) is 2.45. The van der Waals surface area contributed by atoms with E-state index in [0.717, 1.165) is 47.9 Å². The minimum atomic E-state index is 0.436. The van der Waals surface area contributed by atoms with E-state index in [1.165, 1.54) is 11.9 Å². The van der Waals surface area contributed by atoms with E-state index in [4.69, 9.17) is 20.2 Å². The van der Waals surface area contributed by atoms with Crippen molar-refractivity contribution in [2.24, 2.45) is 0 Å². The Hall–Kier alpha value is -2.89. The first-order valence-corrected chi connectivity index (χ1v) is 8.38. The topological polar surface area (TPSA) is 83.2 Å². The van der Waals surface area contributed by atoms with Crippen LogP contribution in [0.25, 0.3) is 22.2 Å². The number of para-hydroxylation sites is 1. The summed E-state index contributed by atoms with van der Waals surface area (Å²) >= 11 is 0. The minimum absolute atomic E-state index is 0.436. The molecule has 1 aromatic carbocycles. The van der Waals surface area contributed by atoms with E-state index in [9.17, 15) is 0 Å². The van der Waals surface area contributed by atoms with Gasteiger partial charge in [0.2, 0.25) is 0 Å². The number of hydrogen-bond acceptors (Lipinski definition) is 6. The van der Waals surface area contributed by atoms with E-state index in [1.54, 1.807) is 14.2 Å². The summed E-state index contributed by atoms with van der Waals surface area (Å²) in [6.07, 6.45) is 5.65. The Balaban J connectivity index is 2.14. The summed E-state index contributed by atoms with van der Waals surface area (Å²) in [5.41, 5.74) is 11.1. The number of pyridine rings is 1. The van der Waals surface area contributed by atoms with Gasteiger partial charge in [-0.1, -0.05) is 12.1 Å². The third-order valence-electron chi connectivity index (χ3n) is 4.76. The molecule has 0 bridgehead atoms. The van der Waals surface area contributed by atoms with E-state index >= 15 is 0 Å². The number of methoxy groups -OCH3 is 2. The van der Waals surface area contributed by atoms with Crippen molar-refractivity contribution < 1.29 is 9.47 Å². The zero-order chi connectivity index (χ0) is 17.4. The number of ether oxygens (including phenoxy) is 2. The van der Waals surface area contributed by atoms with Crippen LogP contribution in [-0.2, 0) is 12.8 Å². The predicted molar refractivity (Wildman–Crippen MR) is 96.9 cm³/mol. The van der Waals surface area contributed by atoms with Crippen molar-refractivity contribution in [2.75, 3.05) is 20.0 Å². The largest absolute Gasteiger partial charge is 0.493 e.